The summed E-state index contributed by atoms with van der Waals surface area (Å²) in [6.07, 6.45) is 2.13. The summed E-state index contributed by atoms with van der Waals surface area (Å²) in [6, 6.07) is 29.6. The number of ether oxygens (including phenoxy) is 1. The van der Waals surface area contributed by atoms with Crippen molar-refractivity contribution in [3.05, 3.63) is 108 Å². The lowest BCUT2D eigenvalue weighted by Gasteiger charge is -2.23. The van der Waals surface area contributed by atoms with Crippen LogP contribution in [0, 0.1) is 0 Å². The van der Waals surface area contributed by atoms with Gasteiger partial charge >= 0.3 is 0 Å². The van der Waals surface area contributed by atoms with Crippen molar-refractivity contribution in [2.45, 2.75) is 19.8 Å². The molecule has 0 saturated carbocycles. The molecule has 0 bridgehead atoms. The topological polar surface area (TPSA) is 12.5 Å². The van der Waals surface area contributed by atoms with Crippen LogP contribution in [0.5, 0.6) is 5.75 Å². The number of alkyl halides is 1. The van der Waals surface area contributed by atoms with Crippen molar-refractivity contribution in [3.8, 4) is 5.75 Å². The number of nitrogens with zero attached hydrogens (tertiary/aromatic N) is 1. The molecule has 2 nitrogen and oxygen atoms in total. The van der Waals surface area contributed by atoms with Crippen LogP contribution >= 0.6 is 11.6 Å². The molecule has 0 N–H and O–H groups in total. The molecule has 0 heterocycles. The molecular formula is C28H32ClNO. The van der Waals surface area contributed by atoms with Crippen LogP contribution in [-0.4, -0.2) is 37.0 Å². The van der Waals surface area contributed by atoms with Gasteiger partial charge in [0.15, 0.2) is 0 Å². The van der Waals surface area contributed by atoms with Crippen molar-refractivity contribution >= 4 is 17.2 Å². The van der Waals surface area contributed by atoms with E-state index in [0.29, 0.717) is 12.5 Å². The summed E-state index contributed by atoms with van der Waals surface area (Å²) >= 11 is 6.20. The smallest absolute Gasteiger partial charge is 0.119 e. The molecule has 0 amide bonds. The lowest BCUT2D eigenvalue weighted by atomic mass is 9.81. The molecular weight excluding hydrogens is 402 g/mol. The third kappa shape index (κ3) is 6.46. The zero-order valence-corrected chi connectivity index (χ0v) is 19.3. The first-order chi connectivity index (χ1) is 15.3. The van der Waals surface area contributed by atoms with Gasteiger partial charge in [0, 0.05) is 18.3 Å². The summed E-state index contributed by atoms with van der Waals surface area (Å²) in [5.74, 6) is 1.48. The van der Waals surface area contributed by atoms with Gasteiger partial charge in [0.2, 0.25) is 0 Å². The molecule has 0 aliphatic rings. The number of hydrogen-bond donors (Lipinski definition) is 0. The molecule has 0 aliphatic carbocycles. The zero-order chi connectivity index (χ0) is 21.9. The molecule has 162 valence electrons. The van der Waals surface area contributed by atoms with Gasteiger partial charge in [-0.25, -0.2) is 0 Å². The fourth-order valence-electron chi connectivity index (χ4n) is 3.90. The van der Waals surface area contributed by atoms with Gasteiger partial charge in [-0.3, -0.25) is 0 Å². The van der Waals surface area contributed by atoms with E-state index in [1.807, 2.05) is 6.07 Å². The molecule has 3 heteroatoms. The van der Waals surface area contributed by atoms with Crippen LogP contribution in [0.3, 0.4) is 0 Å². The van der Waals surface area contributed by atoms with Gasteiger partial charge in [-0.1, -0.05) is 92.7 Å². The van der Waals surface area contributed by atoms with Crippen LogP contribution in [0.15, 0.2) is 91.0 Å². The van der Waals surface area contributed by atoms with Crippen LogP contribution < -0.4 is 4.74 Å². The fourth-order valence-corrected chi connectivity index (χ4v) is 4.07. The molecule has 0 aromatic heterocycles. The third-order valence-corrected chi connectivity index (χ3v) is 5.79. The number of likely N-dealkylation sites (N-methyl/N-ethyl adjacent to an activating group) is 1. The van der Waals surface area contributed by atoms with Crippen LogP contribution in [0.25, 0.3) is 5.57 Å². The van der Waals surface area contributed by atoms with E-state index in [4.69, 9.17) is 16.3 Å². The Bertz CT molecular complexity index is 918. The van der Waals surface area contributed by atoms with Crippen LogP contribution in [0.1, 0.15) is 36.5 Å². The molecule has 0 saturated heterocycles. The van der Waals surface area contributed by atoms with Gasteiger partial charge in [0.25, 0.3) is 0 Å². The monoisotopic (exact) mass is 433 g/mol. The first-order valence-corrected chi connectivity index (χ1v) is 11.6. The van der Waals surface area contributed by atoms with Crippen molar-refractivity contribution < 1.29 is 4.74 Å². The summed E-state index contributed by atoms with van der Waals surface area (Å²) in [6.45, 7) is 8.10. The van der Waals surface area contributed by atoms with Crippen molar-refractivity contribution in [1.82, 2.24) is 4.90 Å². The van der Waals surface area contributed by atoms with E-state index in [9.17, 15) is 0 Å². The molecule has 3 aromatic carbocycles. The highest BCUT2D eigenvalue weighted by molar-refractivity contribution is 6.19. The summed E-state index contributed by atoms with van der Waals surface area (Å²) in [7, 11) is 0. The average molecular weight is 434 g/mol. The SMILES string of the molecule is CCN(CC)CCOc1ccc(C(C(=CCCl)c2ccccc2)c2ccccc2)cc1. The lowest BCUT2D eigenvalue weighted by molar-refractivity contribution is 0.223. The first kappa shape index (κ1) is 23.1. The van der Waals surface area contributed by atoms with Gasteiger partial charge < -0.3 is 9.64 Å². The van der Waals surface area contributed by atoms with Crippen LogP contribution in [0.4, 0.5) is 0 Å². The number of benzene rings is 3. The predicted octanol–water partition coefficient (Wildman–Crippen LogP) is 6.86. The van der Waals surface area contributed by atoms with Crippen LogP contribution in [0.2, 0.25) is 0 Å². The Balaban J connectivity index is 1.87. The normalized spacial score (nSPS) is 12.7. The number of halogens is 1. The van der Waals surface area contributed by atoms with Crippen molar-refractivity contribution in [1.29, 1.82) is 0 Å². The molecule has 3 aromatic rings. The Morgan fingerprint density at radius 1 is 0.839 bits per heavy atom. The second-order valence-corrected chi connectivity index (χ2v) is 7.78. The first-order valence-electron chi connectivity index (χ1n) is 11.1. The van der Waals surface area contributed by atoms with E-state index < -0.39 is 0 Å². The minimum atomic E-state index is 0.104. The standard InChI is InChI=1S/C28H32ClNO/c1-3-30(4-2)21-22-31-26-17-15-25(16-18-26)28(24-13-9-6-10-14-24)27(19-20-29)23-11-7-5-8-12-23/h5-19,28H,3-4,20-22H2,1-2H3. The molecule has 0 fully saturated rings. The fraction of sp³-hybridized carbons (Fsp3) is 0.286. The highest BCUT2D eigenvalue weighted by atomic mass is 35.5. The molecule has 1 atom stereocenters. The minimum absolute atomic E-state index is 0.104. The maximum Gasteiger partial charge on any atom is 0.119 e. The Morgan fingerprint density at radius 3 is 2.00 bits per heavy atom. The van der Waals surface area contributed by atoms with E-state index in [1.54, 1.807) is 0 Å². The number of hydrogen-bond acceptors (Lipinski definition) is 2. The molecule has 3 rings (SSSR count). The number of allylic oxidation sites excluding steroid dienone is 2. The lowest BCUT2D eigenvalue weighted by Crippen LogP contribution is -2.27. The molecule has 0 radical (unpaired) electrons. The highest BCUT2D eigenvalue weighted by Crippen LogP contribution is 2.38. The van der Waals surface area contributed by atoms with Crippen molar-refractivity contribution in [2.24, 2.45) is 0 Å². The highest BCUT2D eigenvalue weighted by Gasteiger charge is 2.20. The Kier molecular flexibility index (Phi) is 9.20. The van der Waals surface area contributed by atoms with Gasteiger partial charge in [0.05, 0.1) is 0 Å². The maximum absolute atomic E-state index is 6.20. The number of rotatable bonds is 11. The van der Waals surface area contributed by atoms with Gasteiger partial charge in [0.1, 0.15) is 12.4 Å². The molecule has 0 aliphatic heterocycles. The molecule has 1 unspecified atom stereocenters. The van der Waals surface area contributed by atoms with E-state index >= 15 is 0 Å². The Hall–Kier alpha value is -2.55. The van der Waals surface area contributed by atoms with E-state index in [0.717, 1.165) is 25.4 Å². The summed E-state index contributed by atoms with van der Waals surface area (Å²) in [5, 5.41) is 0. The Labute approximate surface area is 192 Å². The second kappa shape index (κ2) is 12.3. The summed E-state index contributed by atoms with van der Waals surface area (Å²) in [4.78, 5) is 2.36. The van der Waals surface area contributed by atoms with Gasteiger partial charge in [-0.2, -0.15) is 0 Å². The molecule has 0 spiro atoms. The van der Waals surface area contributed by atoms with E-state index in [1.165, 1.54) is 22.3 Å². The van der Waals surface area contributed by atoms with Crippen molar-refractivity contribution in [3.63, 3.8) is 0 Å². The van der Waals surface area contributed by atoms with Gasteiger partial charge in [-0.15, -0.1) is 11.6 Å². The largest absolute Gasteiger partial charge is 0.492 e. The van der Waals surface area contributed by atoms with E-state index in [2.05, 4.69) is 104 Å². The zero-order valence-electron chi connectivity index (χ0n) is 18.5. The minimum Gasteiger partial charge on any atom is -0.492 e. The van der Waals surface area contributed by atoms with E-state index in [-0.39, 0.29) is 5.92 Å². The van der Waals surface area contributed by atoms with Crippen LogP contribution in [-0.2, 0) is 0 Å². The van der Waals surface area contributed by atoms with Gasteiger partial charge in [-0.05, 0) is 47.5 Å². The second-order valence-electron chi connectivity index (χ2n) is 7.47. The summed E-state index contributed by atoms with van der Waals surface area (Å²) in [5.41, 5.74) is 4.88. The summed E-state index contributed by atoms with van der Waals surface area (Å²) < 4.78 is 6.00. The Morgan fingerprint density at radius 2 is 1.42 bits per heavy atom. The quantitative estimate of drug-likeness (QED) is 0.306. The maximum atomic E-state index is 6.20. The van der Waals surface area contributed by atoms with Crippen molar-refractivity contribution in [2.75, 3.05) is 32.1 Å². The third-order valence-electron chi connectivity index (χ3n) is 5.63. The predicted molar refractivity (Wildman–Crippen MR) is 133 cm³/mol. The average Bonchev–Trinajstić information content (AvgIpc) is 2.84. The molecule has 31 heavy (non-hydrogen) atoms.